The van der Waals surface area contributed by atoms with Crippen LogP contribution < -0.4 is 0 Å². The summed E-state index contributed by atoms with van der Waals surface area (Å²) in [6.45, 7) is 1.97. The number of carbonyl (C=O) groups is 1. The van der Waals surface area contributed by atoms with E-state index in [-0.39, 0.29) is 6.61 Å². The van der Waals surface area contributed by atoms with Crippen LogP contribution in [0.1, 0.15) is 13.8 Å². The predicted molar refractivity (Wildman–Crippen MR) is 38.1 cm³/mol. The molecule has 1 atom stereocenters. The van der Waals surface area contributed by atoms with Gasteiger partial charge in [0.2, 0.25) is 6.10 Å². The number of rotatable bonds is 4. The second kappa shape index (κ2) is 5.06. The SMILES string of the molecule is CCOCC(OC(C)=O)C(F)(F)F. The van der Waals surface area contributed by atoms with E-state index in [1.807, 2.05) is 0 Å². The van der Waals surface area contributed by atoms with Crippen molar-refractivity contribution in [2.45, 2.75) is 26.1 Å². The van der Waals surface area contributed by atoms with Crippen molar-refractivity contribution < 1.29 is 27.4 Å². The lowest BCUT2D eigenvalue weighted by atomic mass is 10.3. The number of ether oxygens (including phenoxy) is 2. The van der Waals surface area contributed by atoms with Gasteiger partial charge >= 0.3 is 12.1 Å². The number of halogens is 3. The molecule has 0 aliphatic carbocycles. The van der Waals surface area contributed by atoms with E-state index < -0.39 is 24.9 Å². The van der Waals surface area contributed by atoms with Gasteiger partial charge in [0.1, 0.15) is 0 Å². The van der Waals surface area contributed by atoms with Crippen LogP contribution in [0.5, 0.6) is 0 Å². The summed E-state index contributed by atoms with van der Waals surface area (Å²) in [5.74, 6) is -0.970. The molecule has 0 amide bonds. The zero-order valence-corrected chi connectivity index (χ0v) is 7.35. The molecule has 0 heterocycles. The molecule has 0 fully saturated rings. The van der Waals surface area contributed by atoms with Crippen LogP contribution in [0.25, 0.3) is 0 Å². The minimum atomic E-state index is -4.57. The van der Waals surface area contributed by atoms with Crippen LogP contribution in [0.3, 0.4) is 0 Å². The summed E-state index contributed by atoms with van der Waals surface area (Å²) < 4.78 is 44.7. The van der Waals surface area contributed by atoms with Crippen LogP contribution in [-0.2, 0) is 14.3 Å². The van der Waals surface area contributed by atoms with Gasteiger partial charge in [-0.15, -0.1) is 0 Å². The Bertz CT molecular complexity index is 167. The van der Waals surface area contributed by atoms with Crippen molar-refractivity contribution in [2.75, 3.05) is 13.2 Å². The number of hydrogen-bond acceptors (Lipinski definition) is 3. The van der Waals surface area contributed by atoms with Gasteiger partial charge in [0.25, 0.3) is 0 Å². The molecule has 0 aliphatic heterocycles. The lowest BCUT2D eigenvalue weighted by Crippen LogP contribution is -2.37. The Morgan fingerprint density at radius 1 is 1.46 bits per heavy atom. The largest absolute Gasteiger partial charge is 0.450 e. The first-order chi connectivity index (χ1) is 5.88. The summed E-state index contributed by atoms with van der Waals surface area (Å²) in [4.78, 5) is 10.3. The van der Waals surface area contributed by atoms with E-state index in [2.05, 4.69) is 9.47 Å². The van der Waals surface area contributed by atoms with E-state index in [0.29, 0.717) is 0 Å². The van der Waals surface area contributed by atoms with Crippen LogP contribution in [0.15, 0.2) is 0 Å². The third-order valence-electron chi connectivity index (χ3n) is 1.15. The van der Waals surface area contributed by atoms with E-state index >= 15 is 0 Å². The van der Waals surface area contributed by atoms with Crippen molar-refractivity contribution in [2.24, 2.45) is 0 Å². The summed E-state index contributed by atoms with van der Waals surface area (Å²) in [5.41, 5.74) is 0. The number of carbonyl (C=O) groups excluding carboxylic acids is 1. The first-order valence-corrected chi connectivity index (χ1v) is 3.69. The maximum atomic E-state index is 12.0. The molecule has 0 aromatic rings. The molecular weight excluding hydrogens is 189 g/mol. The predicted octanol–water partition coefficient (Wildman–Crippen LogP) is 1.52. The van der Waals surface area contributed by atoms with Crippen LogP contribution >= 0.6 is 0 Å². The molecule has 78 valence electrons. The second-order valence-electron chi connectivity index (χ2n) is 2.30. The first-order valence-electron chi connectivity index (χ1n) is 3.69. The van der Waals surface area contributed by atoms with Crippen LogP contribution in [0.2, 0.25) is 0 Å². The maximum absolute atomic E-state index is 12.0. The molecule has 3 nitrogen and oxygen atoms in total. The normalized spacial score (nSPS) is 13.9. The van der Waals surface area contributed by atoms with Gasteiger partial charge < -0.3 is 9.47 Å². The van der Waals surface area contributed by atoms with Crippen molar-refractivity contribution in [3.05, 3.63) is 0 Å². The van der Waals surface area contributed by atoms with Crippen LogP contribution in [-0.4, -0.2) is 31.5 Å². The van der Waals surface area contributed by atoms with Gasteiger partial charge in [-0.25, -0.2) is 0 Å². The van der Waals surface area contributed by atoms with Crippen molar-refractivity contribution in [3.8, 4) is 0 Å². The molecule has 13 heavy (non-hydrogen) atoms. The highest BCUT2D eigenvalue weighted by Gasteiger charge is 2.42. The Hall–Kier alpha value is -0.780. The number of esters is 1. The molecule has 0 saturated heterocycles. The zero-order chi connectivity index (χ0) is 10.5. The molecule has 0 aromatic carbocycles. The van der Waals surface area contributed by atoms with Gasteiger partial charge in [-0.1, -0.05) is 0 Å². The summed E-state index contributed by atoms with van der Waals surface area (Å²) in [5, 5.41) is 0. The van der Waals surface area contributed by atoms with Gasteiger partial charge in [-0.05, 0) is 6.92 Å². The minimum absolute atomic E-state index is 0.147. The van der Waals surface area contributed by atoms with E-state index in [0.717, 1.165) is 6.92 Å². The van der Waals surface area contributed by atoms with E-state index in [1.165, 1.54) is 0 Å². The molecule has 0 saturated carbocycles. The molecule has 0 spiro atoms. The lowest BCUT2D eigenvalue weighted by molar-refractivity contribution is -0.230. The van der Waals surface area contributed by atoms with Crippen LogP contribution in [0.4, 0.5) is 13.2 Å². The van der Waals surface area contributed by atoms with Crippen molar-refractivity contribution in [3.63, 3.8) is 0 Å². The molecule has 1 unspecified atom stereocenters. The molecule has 0 N–H and O–H groups in total. The molecule has 0 aliphatic rings. The number of hydrogen-bond donors (Lipinski definition) is 0. The molecule has 6 heteroatoms. The standard InChI is InChI=1S/C7H11F3O3/c1-3-12-4-6(7(8,9)10)13-5(2)11/h6H,3-4H2,1-2H3. The third-order valence-corrected chi connectivity index (χ3v) is 1.15. The van der Waals surface area contributed by atoms with E-state index in [9.17, 15) is 18.0 Å². The van der Waals surface area contributed by atoms with Crippen molar-refractivity contribution >= 4 is 5.97 Å². The third kappa shape index (κ3) is 5.46. The molecule has 0 aromatic heterocycles. The smallest absolute Gasteiger partial charge is 0.427 e. The average molecular weight is 200 g/mol. The molecule has 0 rings (SSSR count). The average Bonchev–Trinajstić information content (AvgIpc) is 1.95. The van der Waals surface area contributed by atoms with E-state index in [4.69, 9.17) is 0 Å². The Morgan fingerprint density at radius 3 is 2.31 bits per heavy atom. The van der Waals surface area contributed by atoms with Crippen molar-refractivity contribution in [1.29, 1.82) is 0 Å². The molecular formula is C7H11F3O3. The maximum Gasteiger partial charge on any atom is 0.427 e. The summed E-state index contributed by atoms with van der Waals surface area (Å²) >= 11 is 0. The zero-order valence-electron chi connectivity index (χ0n) is 7.35. The summed E-state index contributed by atoms with van der Waals surface area (Å²) in [6, 6.07) is 0. The Kier molecular flexibility index (Phi) is 4.76. The molecule has 0 radical (unpaired) electrons. The highest BCUT2D eigenvalue weighted by Crippen LogP contribution is 2.23. The summed E-state index contributed by atoms with van der Waals surface area (Å²) in [6.07, 6.45) is -6.73. The topological polar surface area (TPSA) is 35.5 Å². The Labute approximate surface area is 73.8 Å². The van der Waals surface area contributed by atoms with Gasteiger partial charge in [0.15, 0.2) is 0 Å². The van der Waals surface area contributed by atoms with Gasteiger partial charge in [-0.2, -0.15) is 13.2 Å². The monoisotopic (exact) mass is 200 g/mol. The fourth-order valence-corrected chi connectivity index (χ4v) is 0.621. The quantitative estimate of drug-likeness (QED) is 0.645. The van der Waals surface area contributed by atoms with Gasteiger partial charge in [-0.3, -0.25) is 4.79 Å². The number of alkyl halides is 3. The Balaban J connectivity index is 4.11. The summed E-state index contributed by atoms with van der Waals surface area (Å²) in [7, 11) is 0. The minimum Gasteiger partial charge on any atom is -0.450 e. The first kappa shape index (κ1) is 12.2. The van der Waals surface area contributed by atoms with E-state index in [1.54, 1.807) is 6.92 Å². The Morgan fingerprint density at radius 2 is 2.00 bits per heavy atom. The van der Waals surface area contributed by atoms with Crippen molar-refractivity contribution in [1.82, 2.24) is 0 Å². The highest BCUT2D eigenvalue weighted by molar-refractivity contribution is 5.66. The van der Waals surface area contributed by atoms with Gasteiger partial charge in [0.05, 0.1) is 6.61 Å². The lowest BCUT2D eigenvalue weighted by Gasteiger charge is -2.19. The fourth-order valence-electron chi connectivity index (χ4n) is 0.621. The second-order valence-corrected chi connectivity index (χ2v) is 2.30. The fraction of sp³-hybridized carbons (Fsp3) is 0.857. The highest BCUT2D eigenvalue weighted by atomic mass is 19.4. The van der Waals surface area contributed by atoms with Gasteiger partial charge in [0, 0.05) is 13.5 Å². The van der Waals surface area contributed by atoms with Crippen LogP contribution in [0, 0.1) is 0 Å². The molecule has 0 bridgehead atoms.